The Balaban J connectivity index is 1.41. The molecule has 2 N–H and O–H groups in total. The van der Waals surface area contributed by atoms with Crippen molar-refractivity contribution < 1.29 is 9.47 Å². The predicted molar refractivity (Wildman–Crippen MR) is 121 cm³/mol. The molecule has 0 radical (unpaired) electrons. The van der Waals surface area contributed by atoms with E-state index >= 15 is 0 Å². The van der Waals surface area contributed by atoms with E-state index in [4.69, 9.17) is 20.2 Å². The van der Waals surface area contributed by atoms with Crippen LogP contribution in [0.3, 0.4) is 0 Å². The molecule has 0 aliphatic carbocycles. The Hall–Kier alpha value is -3.22. The Bertz CT molecular complexity index is 1120. The Labute approximate surface area is 187 Å². The highest BCUT2D eigenvalue weighted by atomic mass is 16.5. The average Bonchev–Trinajstić information content (AvgIpc) is 3.05. The smallest absolute Gasteiger partial charge is 0.176 e. The second kappa shape index (κ2) is 8.04. The lowest BCUT2D eigenvalue weighted by Gasteiger charge is -2.52. The van der Waals surface area contributed by atoms with Crippen LogP contribution in [0.25, 0.3) is 11.4 Å². The van der Waals surface area contributed by atoms with Gasteiger partial charge in [-0.2, -0.15) is 5.26 Å². The first kappa shape index (κ1) is 20.7. The monoisotopic (exact) mass is 433 g/mol. The summed E-state index contributed by atoms with van der Waals surface area (Å²) >= 11 is 0. The number of likely N-dealkylation sites (tertiary alicyclic amines) is 1. The molecule has 4 heterocycles. The first-order valence-corrected chi connectivity index (χ1v) is 10.9. The van der Waals surface area contributed by atoms with Crippen LogP contribution in [-0.4, -0.2) is 71.1 Å². The van der Waals surface area contributed by atoms with Gasteiger partial charge in [0, 0.05) is 31.2 Å². The zero-order valence-corrected chi connectivity index (χ0v) is 18.4. The summed E-state index contributed by atoms with van der Waals surface area (Å²) in [5.41, 5.74) is 7.98. The van der Waals surface area contributed by atoms with Crippen LogP contribution in [-0.2, 0) is 11.3 Å². The number of benzene rings is 1. The average molecular weight is 434 g/mol. The van der Waals surface area contributed by atoms with Crippen molar-refractivity contribution in [2.45, 2.75) is 37.9 Å². The Kier molecular flexibility index (Phi) is 5.19. The van der Waals surface area contributed by atoms with Crippen LogP contribution in [0.5, 0.6) is 5.75 Å². The lowest BCUT2D eigenvalue weighted by molar-refractivity contribution is -0.133. The van der Waals surface area contributed by atoms with Crippen LogP contribution in [0.1, 0.15) is 31.0 Å². The fraction of sp³-hybridized carbons (Fsp3) is 0.478. The number of aromatic nitrogens is 2. The number of fused-ring (bicyclic) bond motifs is 3. The molecule has 2 saturated heterocycles. The van der Waals surface area contributed by atoms with Gasteiger partial charge < -0.3 is 19.8 Å². The molecule has 2 aromatic rings. The van der Waals surface area contributed by atoms with Gasteiger partial charge in [0.2, 0.25) is 0 Å². The summed E-state index contributed by atoms with van der Waals surface area (Å²) in [4.78, 5) is 15.8. The number of nitrogens with two attached hydrogens (primary N) is 1. The Morgan fingerprint density at radius 3 is 2.84 bits per heavy atom. The summed E-state index contributed by atoms with van der Waals surface area (Å²) in [6.45, 7) is 7.97. The molecule has 2 fully saturated rings. The van der Waals surface area contributed by atoms with Gasteiger partial charge in [0.1, 0.15) is 23.9 Å². The normalized spacial score (nSPS) is 20.6. The van der Waals surface area contributed by atoms with Crippen LogP contribution >= 0.6 is 0 Å². The third-order valence-electron chi connectivity index (χ3n) is 6.27. The SMILES string of the molecule is CC(C)N=C(N=CN)c1cn2c(n1)-c1ccc(C3CN(C4(C#N)COC4)C3)cc1OCC2. The molecule has 0 atom stereocenters. The van der Waals surface area contributed by atoms with E-state index in [0.29, 0.717) is 43.8 Å². The van der Waals surface area contributed by atoms with Gasteiger partial charge in [0.05, 0.1) is 37.7 Å². The molecule has 0 unspecified atom stereocenters. The van der Waals surface area contributed by atoms with E-state index in [-0.39, 0.29) is 6.04 Å². The van der Waals surface area contributed by atoms with E-state index in [1.807, 2.05) is 20.0 Å². The number of rotatable bonds is 4. The fourth-order valence-electron chi connectivity index (χ4n) is 4.39. The zero-order valence-electron chi connectivity index (χ0n) is 18.4. The minimum absolute atomic E-state index is 0.0853. The van der Waals surface area contributed by atoms with Crippen molar-refractivity contribution in [1.29, 1.82) is 5.26 Å². The van der Waals surface area contributed by atoms with Crippen molar-refractivity contribution in [3.05, 3.63) is 35.7 Å². The first-order chi connectivity index (χ1) is 15.5. The minimum Gasteiger partial charge on any atom is -0.491 e. The predicted octanol–water partition coefficient (Wildman–Crippen LogP) is 1.78. The lowest BCUT2D eigenvalue weighted by atomic mass is 9.84. The van der Waals surface area contributed by atoms with Gasteiger partial charge >= 0.3 is 0 Å². The molecule has 9 heteroatoms. The molecule has 3 aliphatic heterocycles. The largest absolute Gasteiger partial charge is 0.491 e. The topological polar surface area (TPSA) is 114 Å². The van der Waals surface area contributed by atoms with Crippen molar-refractivity contribution in [1.82, 2.24) is 14.5 Å². The van der Waals surface area contributed by atoms with Gasteiger partial charge in [-0.1, -0.05) is 6.07 Å². The van der Waals surface area contributed by atoms with Crippen molar-refractivity contribution in [3.63, 3.8) is 0 Å². The van der Waals surface area contributed by atoms with Crippen LogP contribution in [0, 0.1) is 11.3 Å². The van der Waals surface area contributed by atoms with Crippen molar-refractivity contribution >= 4 is 12.2 Å². The highest BCUT2D eigenvalue weighted by Crippen LogP contribution is 2.40. The molecule has 3 aliphatic rings. The molecule has 9 nitrogen and oxygen atoms in total. The number of nitriles is 1. The summed E-state index contributed by atoms with van der Waals surface area (Å²) < 4.78 is 13.5. The van der Waals surface area contributed by atoms with E-state index < -0.39 is 5.54 Å². The fourth-order valence-corrected chi connectivity index (χ4v) is 4.39. The summed E-state index contributed by atoms with van der Waals surface area (Å²) in [5.74, 6) is 2.59. The van der Waals surface area contributed by atoms with Gasteiger partial charge in [-0.15, -0.1) is 0 Å². The molecule has 0 amide bonds. The van der Waals surface area contributed by atoms with E-state index in [2.05, 4.69) is 43.7 Å². The molecule has 1 aromatic carbocycles. The molecule has 166 valence electrons. The molecule has 5 rings (SSSR count). The Morgan fingerprint density at radius 1 is 1.38 bits per heavy atom. The van der Waals surface area contributed by atoms with Gasteiger partial charge in [0.15, 0.2) is 11.4 Å². The van der Waals surface area contributed by atoms with E-state index in [9.17, 15) is 5.26 Å². The summed E-state index contributed by atoms with van der Waals surface area (Å²) in [6, 6.07) is 8.86. The van der Waals surface area contributed by atoms with Crippen LogP contribution in [0.2, 0.25) is 0 Å². The number of imidazole rings is 1. The number of nitrogens with zero attached hydrogens (tertiary/aromatic N) is 6. The third-order valence-corrected chi connectivity index (χ3v) is 6.27. The maximum absolute atomic E-state index is 9.51. The van der Waals surface area contributed by atoms with Crippen LogP contribution in [0.15, 0.2) is 34.4 Å². The van der Waals surface area contributed by atoms with Crippen LogP contribution in [0.4, 0.5) is 0 Å². The quantitative estimate of drug-likeness (QED) is 0.581. The summed E-state index contributed by atoms with van der Waals surface area (Å²) in [6.07, 6.45) is 3.21. The number of ether oxygens (including phenoxy) is 2. The van der Waals surface area contributed by atoms with Crippen molar-refractivity contribution in [2.75, 3.05) is 32.9 Å². The molecular formula is C23H27N7O2. The highest BCUT2D eigenvalue weighted by molar-refractivity contribution is 6.01. The summed E-state index contributed by atoms with van der Waals surface area (Å²) in [7, 11) is 0. The highest BCUT2D eigenvalue weighted by Gasteiger charge is 2.50. The second-order valence-electron chi connectivity index (χ2n) is 8.81. The maximum atomic E-state index is 9.51. The maximum Gasteiger partial charge on any atom is 0.176 e. The molecule has 1 aromatic heterocycles. The molecular weight excluding hydrogens is 406 g/mol. The molecule has 32 heavy (non-hydrogen) atoms. The van der Waals surface area contributed by atoms with E-state index in [1.165, 1.54) is 11.9 Å². The van der Waals surface area contributed by atoms with Gasteiger partial charge in [0.25, 0.3) is 0 Å². The molecule has 0 spiro atoms. The first-order valence-electron chi connectivity index (χ1n) is 10.9. The number of hydrogen-bond acceptors (Lipinski definition) is 6. The number of amidine groups is 1. The van der Waals surface area contributed by atoms with Crippen LogP contribution < -0.4 is 10.5 Å². The van der Waals surface area contributed by atoms with E-state index in [0.717, 1.165) is 30.2 Å². The number of aliphatic imine (C=N–C) groups is 2. The minimum atomic E-state index is -0.429. The lowest BCUT2D eigenvalue weighted by Crippen LogP contribution is -2.67. The molecule has 0 bridgehead atoms. The van der Waals surface area contributed by atoms with Crippen molar-refractivity contribution in [3.8, 4) is 23.2 Å². The van der Waals surface area contributed by atoms with Gasteiger partial charge in [-0.05, 0) is 31.5 Å². The third kappa shape index (κ3) is 3.45. The van der Waals surface area contributed by atoms with E-state index in [1.54, 1.807) is 0 Å². The number of hydrogen-bond donors (Lipinski definition) is 1. The summed E-state index contributed by atoms with van der Waals surface area (Å²) in [5, 5.41) is 9.51. The zero-order chi connectivity index (χ0) is 22.3. The van der Waals surface area contributed by atoms with Gasteiger partial charge in [-0.3, -0.25) is 9.89 Å². The molecule has 0 saturated carbocycles. The Morgan fingerprint density at radius 2 is 2.19 bits per heavy atom. The van der Waals surface area contributed by atoms with Gasteiger partial charge in [-0.25, -0.2) is 9.98 Å². The van der Waals surface area contributed by atoms with Crippen molar-refractivity contribution in [2.24, 2.45) is 15.7 Å². The standard InChI is InChI=1S/C23H27N7O2/c1-15(2)27-21(26-14-25)19-10-29-5-6-32-20-7-16(3-4-18(20)22(29)28-19)17-8-30(9-17)23(11-24)12-31-13-23/h3-4,7,10,14-15,17H,5-6,8-9,12-13H2,1-2H3,(H2,25,26,27). The second-order valence-corrected chi connectivity index (χ2v) is 8.81.